The smallest absolute Gasteiger partial charge is 0.270 e. The van der Waals surface area contributed by atoms with E-state index in [0.717, 1.165) is 17.7 Å². The van der Waals surface area contributed by atoms with Gasteiger partial charge in [-0.1, -0.05) is 24.6 Å². The Morgan fingerprint density at radius 2 is 2.10 bits per heavy atom. The number of benzene rings is 1. The minimum Gasteiger partial charge on any atom is -0.351 e. The number of hydrogen-bond donors (Lipinski definition) is 2. The van der Waals surface area contributed by atoms with Crippen molar-refractivity contribution in [3.63, 3.8) is 0 Å². The Labute approximate surface area is 128 Å². The molecule has 5 nitrogen and oxygen atoms in total. The lowest BCUT2D eigenvalue weighted by atomic mass is 10.2. The largest absolute Gasteiger partial charge is 0.351 e. The summed E-state index contributed by atoms with van der Waals surface area (Å²) in [5.74, 6) is 0.343. The Kier molecular flexibility index (Phi) is 5.11. The molecule has 110 valence electrons. The van der Waals surface area contributed by atoms with E-state index >= 15 is 0 Å². The van der Waals surface area contributed by atoms with E-state index in [9.17, 15) is 4.79 Å². The molecule has 0 aliphatic carbocycles. The fourth-order valence-electron chi connectivity index (χ4n) is 1.70. The van der Waals surface area contributed by atoms with Gasteiger partial charge < -0.3 is 10.6 Å². The van der Waals surface area contributed by atoms with Crippen LogP contribution in [0.3, 0.4) is 0 Å². The van der Waals surface area contributed by atoms with Gasteiger partial charge in [0, 0.05) is 23.3 Å². The molecule has 6 heteroatoms. The predicted molar refractivity (Wildman–Crippen MR) is 84.1 cm³/mol. The lowest BCUT2D eigenvalue weighted by Gasteiger charge is -2.08. The molecule has 2 rings (SSSR count). The second-order valence-corrected chi connectivity index (χ2v) is 5.04. The maximum absolute atomic E-state index is 11.9. The van der Waals surface area contributed by atoms with Crippen LogP contribution in [0.2, 0.25) is 5.02 Å². The first-order valence-electron chi connectivity index (χ1n) is 6.73. The highest BCUT2D eigenvalue weighted by atomic mass is 35.5. The van der Waals surface area contributed by atoms with Crippen molar-refractivity contribution in [2.75, 3.05) is 11.9 Å². The van der Waals surface area contributed by atoms with Crippen molar-refractivity contribution in [3.05, 3.63) is 46.9 Å². The van der Waals surface area contributed by atoms with E-state index in [1.807, 2.05) is 32.0 Å². The van der Waals surface area contributed by atoms with Gasteiger partial charge in [-0.05, 0) is 31.0 Å². The van der Waals surface area contributed by atoms with Gasteiger partial charge >= 0.3 is 0 Å². The van der Waals surface area contributed by atoms with Crippen molar-refractivity contribution in [2.45, 2.75) is 20.3 Å². The number of aryl methyl sites for hydroxylation is 1. The van der Waals surface area contributed by atoms with Crippen molar-refractivity contribution in [3.8, 4) is 0 Å². The lowest BCUT2D eigenvalue weighted by molar-refractivity contribution is 0.0948. The molecule has 0 fully saturated rings. The molecule has 1 aromatic carbocycles. The number of amides is 1. The number of halogens is 1. The summed E-state index contributed by atoms with van der Waals surface area (Å²) in [5, 5.41) is 6.56. The monoisotopic (exact) mass is 304 g/mol. The van der Waals surface area contributed by atoms with Crippen LogP contribution in [0, 0.1) is 6.92 Å². The fourth-order valence-corrected chi connectivity index (χ4v) is 1.88. The van der Waals surface area contributed by atoms with Gasteiger partial charge in [-0.25, -0.2) is 9.97 Å². The van der Waals surface area contributed by atoms with Crippen molar-refractivity contribution >= 4 is 29.0 Å². The Morgan fingerprint density at radius 3 is 2.81 bits per heavy atom. The van der Waals surface area contributed by atoms with Crippen molar-refractivity contribution in [1.29, 1.82) is 0 Å². The van der Waals surface area contributed by atoms with Gasteiger partial charge in [0.25, 0.3) is 5.91 Å². The van der Waals surface area contributed by atoms with Crippen LogP contribution < -0.4 is 10.6 Å². The molecule has 0 radical (unpaired) electrons. The van der Waals surface area contributed by atoms with Crippen LogP contribution in [0.5, 0.6) is 0 Å². The zero-order valence-corrected chi connectivity index (χ0v) is 12.7. The Bertz CT molecular complexity index is 645. The fraction of sp³-hybridized carbons (Fsp3) is 0.267. The molecule has 0 spiro atoms. The summed E-state index contributed by atoms with van der Waals surface area (Å²) in [6.45, 7) is 4.56. The third-order valence-corrected chi connectivity index (χ3v) is 3.29. The quantitative estimate of drug-likeness (QED) is 0.889. The van der Waals surface area contributed by atoms with Crippen LogP contribution in [0.15, 0.2) is 30.6 Å². The van der Waals surface area contributed by atoms with Gasteiger partial charge in [-0.15, -0.1) is 0 Å². The second kappa shape index (κ2) is 7.04. The Hall–Kier alpha value is -2.14. The molecular formula is C15H17ClN4O. The summed E-state index contributed by atoms with van der Waals surface area (Å²) in [6, 6.07) is 7.25. The molecule has 1 heterocycles. The molecule has 0 saturated heterocycles. The number of carbonyl (C=O) groups excluding carboxylic acids is 1. The molecule has 0 aliphatic rings. The molecular weight excluding hydrogens is 288 g/mol. The van der Waals surface area contributed by atoms with Crippen LogP contribution in [0.4, 0.5) is 11.5 Å². The van der Waals surface area contributed by atoms with Crippen molar-refractivity contribution in [1.82, 2.24) is 15.3 Å². The van der Waals surface area contributed by atoms with E-state index in [0.29, 0.717) is 23.1 Å². The minimum atomic E-state index is -0.204. The maximum Gasteiger partial charge on any atom is 0.270 e. The molecule has 2 aromatic rings. The number of nitrogens with one attached hydrogen (secondary N) is 2. The molecule has 1 aromatic heterocycles. The number of hydrogen-bond acceptors (Lipinski definition) is 4. The van der Waals surface area contributed by atoms with Crippen molar-refractivity contribution in [2.24, 2.45) is 0 Å². The van der Waals surface area contributed by atoms with Crippen LogP contribution in [-0.2, 0) is 0 Å². The van der Waals surface area contributed by atoms with Gasteiger partial charge in [0.1, 0.15) is 17.8 Å². The number of carbonyl (C=O) groups is 1. The summed E-state index contributed by atoms with van der Waals surface area (Å²) in [5.41, 5.74) is 2.15. The van der Waals surface area contributed by atoms with Gasteiger partial charge in [0.05, 0.1) is 0 Å². The number of anilines is 2. The van der Waals surface area contributed by atoms with E-state index < -0.39 is 0 Å². The molecule has 1 amide bonds. The highest BCUT2D eigenvalue weighted by Crippen LogP contribution is 2.22. The standard InChI is InChI=1S/C15H17ClN4O/c1-3-6-17-15(21)13-8-14(19-9-18-13)20-11-5-4-10(2)12(16)7-11/h4-5,7-9H,3,6H2,1-2H3,(H,17,21)(H,18,19,20). The lowest BCUT2D eigenvalue weighted by Crippen LogP contribution is -2.25. The first kappa shape index (κ1) is 15.3. The molecule has 0 bridgehead atoms. The summed E-state index contributed by atoms with van der Waals surface area (Å²) in [4.78, 5) is 19.9. The Morgan fingerprint density at radius 1 is 1.29 bits per heavy atom. The first-order valence-corrected chi connectivity index (χ1v) is 7.11. The third-order valence-electron chi connectivity index (χ3n) is 2.88. The zero-order chi connectivity index (χ0) is 15.2. The summed E-state index contributed by atoms with van der Waals surface area (Å²) >= 11 is 6.08. The highest BCUT2D eigenvalue weighted by molar-refractivity contribution is 6.31. The summed E-state index contributed by atoms with van der Waals surface area (Å²) in [7, 11) is 0. The second-order valence-electron chi connectivity index (χ2n) is 4.63. The maximum atomic E-state index is 11.9. The van der Waals surface area contributed by atoms with E-state index in [4.69, 9.17) is 11.6 Å². The molecule has 2 N–H and O–H groups in total. The topological polar surface area (TPSA) is 66.9 Å². The SMILES string of the molecule is CCCNC(=O)c1cc(Nc2ccc(C)c(Cl)c2)ncn1. The predicted octanol–water partition coefficient (Wildman–Crippen LogP) is 3.32. The van der Waals surface area contributed by atoms with Crippen LogP contribution in [-0.4, -0.2) is 22.4 Å². The van der Waals surface area contributed by atoms with Crippen LogP contribution >= 0.6 is 11.6 Å². The third kappa shape index (κ3) is 4.16. The van der Waals surface area contributed by atoms with E-state index in [-0.39, 0.29) is 5.91 Å². The van der Waals surface area contributed by atoms with Gasteiger partial charge in [0.2, 0.25) is 0 Å². The van der Waals surface area contributed by atoms with E-state index in [1.54, 1.807) is 6.07 Å². The molecule has 0 atom stereocenters. The molecule has 0 unspecified atom stereocenters. The average Bonchev–Trinajstić information content (AvgIpc) is 2.49. The number of aromatic nitrogens is 2. The number of rotatable bonds is 5. The minimum absolute atomic E-state index is 0.204. The van der Waals surface area contributed by atoms with E-state index in [2.05, 4.69) is 20.6 Å². The molecule has 0 saturated carbocycles. The normalized spacial score (nSPS) is 10.2. The average molecular weight is 305 g/mol. The first-order chi connectivity index (χ1) is 10.1. The zero-order valence-electron chi connectivity index (χ0n) is 12.0. The summed E-state index contributed by atoms with van der Waals surface area (Å²) < 4.78 is 0. The van der Waals surface area contributed by atoms with Gasteiger partial charge in [0.15, 0.2) is 0 Å². The molecule has 0 aliphatic heterocycles. The van der Waals surface area contributed by atoms with Crippen LogP contribution in [0.25, 0.3) is 0 Å². The molecule has 21 heavy (non-hydrogen) atoms. The highest BCUT2D eigenvalue weighted by Gasteiger charge is 2.08. The van der Waals surface area contributed by atoms with Crippen LogP contribution in [0.1, 0.15) is 29.4 Å². The van der Waals surface area contributed by atoms with E-state index in [1.165, 1.54) is 6.33 Å². The summed E-state index contributed by atoms with van der Waals surface area (Å²) in [6.07, 6.45) is 2.24. The number of nitrogens with zero attached hydrogens (tertiary/aromatic N) is 2. The van der Waals surface area contributed by atoms with Gasteiger partial charge in [-0.2, -0.15) is 0 Å². The Balaban J connectivity index is 2.13. The van der Waals surface area contributed by atoms with Gasteiger partial charge in [-0.3, -0.25) is 4.79 Å². The van der Waals surface area contributed by atoms with Crippen molar-refractivity contribution < 1.29 is 4.79 Å².